The number of thiazole rings is 1. The molecule has 2 heterocycles. The summed E-state index contributed by atoms with van der Waals surface area (Å²) in [6.45, 7) is 7.10. The van der Waals surface area contributed by atoms with E-state index in [0.717, 1.165) is 41.2 Å². The van der Waals surface area contributed by atoms with Gasteiger partial charge in [0.05, 0.1) is 24.4 Å². The van der Waals surface area contributed by atoms with Crippen molar-refractivity contribution in [1.82, 2.24) is 15.3 Å². The second-order valence-electron chi connectivity index (χ2n) is 4.77. The van der Waals surface area contributed by atoms with Gasteiger partial charge in [0.1, 0.15) is 5.75 Å². The van der Waals surface area contributed by atoms with Crippen LogP contribution in [0.4, 0.5) is 0 Å². The number of pyridine rings is 1. The van der Waals surface area contributed by atoms with E-state index in [2.05, 4.69) is 34.5 Å². The zero-order valence-corrected chi connectivity index (χ0v) is 13.3. The van der Waals surface area contributed by atoms with Crippen molar-refractivity contribution in [2.45, 2.75) is 33.2 Å². The van der Waals surface area contributed by atoms with Crippen LogP contribution in [0.1, 0.15) is 35.5 Å². The maximum absolute atomic E-state index is 5.47. The molecule has 4 nitrogen and oxygen atoms in total. The molecule has 0 radical (unpaired) electrons. The first kappa shape index (κ1) is 14.9. The molecule has 2 aromatic heterocycles. The van der Waals surface area contributed by atoms with Gasteiger partial charge >= 0.3 is 0 Å². The number of nitrogens with zero attached hydrogens (tertiary/aromatic N) is 2. The van der Waals surface area contributed by atoms with Gasteiger partial charge in [-0.25, -0.2) is 4.98 Å². The molecule has 2 aromatic rings. The van der Waals surface area contributed by atoms with E-state index < -0.39 is 0 Å². The first-order valence-electron chi connectivity index (χ1n) is 6.77. The molecule has 20 heavy (non-hydrogen) atoms. The predicted molar refractivity (Wildman–Crippen MR) is 82.5 cm³/mol. The molecule has 1 N–H and O–H groups in total. The van der Waals surface area contributed by atoms with Crippen LogP contribution >= 0.6 is 11.3 Å². The Kier molecular flexibility index (Phi) is 5.09. The van der Waals surface area contributed by atoms with Crippen LogP contribution < -0.4 is 10.1 Å². The molecule has 0 amide bonds. The summed E-state index contributed by atoms with van der Waals surface area (Å²) in [4.78, 5) is 8.99. The Balaban J connectivity index is 2.27. The van der Waals surface area contributed by atoms with Gasteiger partial charge in [-0.2, -0.15) is 0 Å². The lowest BCUT2D eigenvalue weighted by Crippen LogP contribution is -2.24. The summed E-state index contributed by atoms with van der Waals surface area (Å²) >= 11 is 1.62. The van der Waals surface area contributed by atoms with E-state index >= 15 is 0 Å². The van der Waals surface area contributed by atoms with Gasteiger partial charge in [-0.15, -0.1) is 11.3 Å². The second-order valence-corrected chi connectivity index (χ2v) is 5.49. The zero-order chi connectivity index (χ0) is 14.5. The Morgan fingerprint density at radius 3 is 2.75 bits per heavy atom. The maximum atomic E-state index is 5.47. The minimum Gasteiger partial charge on any atom is -0.496 e. The Hall–Kier alpha value is -1.46. The molecule has 0 aromatic carbocycles. The molecule has 0 aliphatic rings. The third kappa shape index (κ3) is 3.16. The van der Waals surface area contributed by atoms with E-state index in [1.54, 1.807) is 18.4 Å². The molecular weight excluding hydrogens is 270 g/mol. The Morgan fingerprint density at radius 2 is 2.15 bits per heavy atom. The molecule has 0 bridgehead atoms. The van der Waals surface area contributed by atoms with E-state index in [4.69, 9.17) is 4.74 Å². The van der Waals surface area contributed by atoms with Crippen LogP contribution in [0.3, 0.4) is 0 Å². The molecule has 0 spiro atoms. The van der Waals surface area contributed by atoms with Crippen LogP contribution in [-0.4, -0.2) is 23.6 Å². The van der Waals surface area contributed by atoms with E-state index in [1.165, 1.54) is 0 Å². The van der Waals surface area contributed by atoms with Crippen LogP contribution in [-0.2, 0) is 6.42 Å². The largest absolute Gasteiger partial charge is 0.496 e. The number of aromatic nitrogens is 2. The van der Waals surface area contributed by atoms with Crippen molar-refractivity contribution in [1.29, 1.82) is 0 Å². The average molecular weight is 291 g/mol. The SMILES string of the molecule is CCNC(Cc1ncc(C)c(OC)c1C)c1cscn1. The summed E-state index contributed by atoms with van der Waals surface area (Å²) in [6, 6.07) is 0.199. The topological polar surface area (TPSA) is 47.0 Å². The Bertz CT molecular complexity index is 554. The molecule has 108 valence electrons. The van der Waals surface area contributed by atoms with Crippen LogP contribution in [0, 0.1) is 13.8 Å². The monoisotopic (exact) mass is 291 g/mol. The quantitative estimate of drug-likeness (QED) is 0.888. The molecule has 1 atom stereocenters. The maximum Gasteiger partial charge on any atom is 0.128 e. The lowest BCUT2D eigenvalue weighted by Gasteiger charge is -2.18. The van der Waals surface area contributed by atoms with E-state index in [-0.39, 0.29) is 6.04 Å². The molecule has 1 unspecified atom stereocenters. The van der Waals surface area contributed by atoms with Crippen molar-refractivity contribution in [3.05, 3.63) is 39.6 Å². The summed E-state index contributed by atoms with van der Waals surface area (Å²) in [5, 5.41) is 5.57. The molecule has 0 fully saturated rings. The summed E-state index contributed by atoms with van der Waals surface area (Å²) < 4.78 is 5.47. The molecule has 0 saturated heterocycles. The standard InChI is InChI=1S/C15H21N3OS/c1-5-16-13(14-8-20-9-18-14)6-12-11(3)15(19-4)10(2)7-17-12/h7-9,13,16H,5-6H2,1-4H3. The minimum absolute atomic E-state index is 0.199. The second kappa shape index (κ2) is 6.81. The van der Waals surface area contributed by atoms with Gasteiger partial charge in [0.2, 0.25) is 0 Å². The van der Waals surface area contributed by atoms with Gasteiger partial charge in [0.15, 0.2) is 0 Å². The highest BCUT2D eigenvalue weighted by Crippen LogP contribution is 2.27. The number of aryl methyl sites for hydroxylation is 1. The fourth-order valence-corrected chi connectivity index (χ4v) is 3.00. The first-order valence-corrected chi connectivity index (χ1v) is 7.72. The minimum atomic E-state index is 0.199. The molecule has 0 aliphatic heterocycles. The van der Waals surface area contributed by atoms with Crippen molar-refractivity contribution in [3.63, 3.8) is 0 Å². The van der Waals surface area contributed by atoms with Crippen molar-refractivity contribution in [2.24, 2.45) is 0 Å². The fraction of sp³-hybridized carbons (Fsp3) is 0.467. The van der Waals surface area contributed by atoms with Gasteiger partial charge in [-0.1, -0.05) is 6.92 Å². The van der Waals surface area contributed by atoms with Crippen LogP contribution in [0.5, 0.6) is 5.75 Å². The Labute approximate surface area is 124 Å². The lowest BCUT2D eigenvalue weighted by molar-refractivity contribution is 0.406. The summed E-state index contributed by atoms with van der Waals surface area (Å²) in [5.41, 5.74) is 6.20. The number of nitrogens with one attached hydrogen (secondary N) is 1. The highest BCUT2D eigenvalue weighted by atomic mass is 32.1. The number of hydrogen-bond acceptors (Lipinski definition) is 5. The number of ether oxygens (including phenoxy) is 1. The van der Waals surface area contributed by atoms with Gasteiger partial charge in [0.25, 0.3) is 0 Å². The van der Waals surface area contributed by atoms with Crippen LogP contribution in [0.25, 0.3) is 0 Å². The molecule has 0 saturated carbocycles. The van der Waals surface area contributed by atoms with Crippen molar-refractivity contribution >= 4 is 11.3 Å². The smallest absolute Gasteiger partial charge is 0.128 e. The molecule has 2 rings (SSSR count). The Morgan fingerprint density at radius 1 is 1.35 bits per heavy atom. The molecule has 5 heteroatoms. The van der Waals surface area contributed by atoms with E-state index in [9.17, 15) is 0 Å². The summed E-state index contributed by atoms with van der Waals surface area (Å²) in [5.74, 6) is 0.934. The van der Waals surface area contributed by atoms with Gasteiger partial charge in [-0.05, 0) is 20.4 Å². The highest BCUT2D eigenvalue weighted by molar-refractivity contribution is 7.07. The van der Waals surface area contributed by atoms with Crippen LogP contribution in [0.15, 0.2) is 17.1 Å². The number of methoxy groups -OCH3 is 1. The predicted octanol–water partition coefficient (Wildman–Crippen LogP) is 3.06. The van der Waals surface area contributed by atoms with Gasteiger partial charge in [-0.3, -0.25) is 4.98 Å². The third-order valence-electron chi connectivity index (χ3n) is 3.41. The van der Waals surface area contributed by atoms with Gasteiger partial charge in [0, 0.05) is 34.8 Å². The fourth-order valence-electron chi connectivity index (χ4n) is 2.39. The van der Waals surface area contributed by atoms with Crippen molar-refractivity contribution in [3.8, 4) is 5.75 Å². The third-order valence-corrected chi connectivity index (χ3v) is 4.01. The summed E-state index contributed by atoms with van der Waals surface area (Å²) in [6.07, 6.45) is 2.70. The first-order chi connectivity index (χ1) is 9.67. The number of rotatable bonds is 6. The van der Waals surface area contributed by atoms with Gasteiger partial charge < -0.3 is 10.1 Å². The zero-order valence-electron chi connectivity index (χ0n) is 12.4. The average Bonchev–Trinajstić information content (AvgIpc) is 2.95. The summed E-state index contributed by atoms with van der Waals surface area (Å²) in [7, 11) is 1.71. The van der Waals surface area contributed by atoms with E-state index in [0.29, 0.717) is 0 Å². The van der Waals surface area contributed by atoms with Crippen molar-refractivity contribution in [2.75, 3.05) is 13.7 Å². The highest BCUT2D eigenvalue weighted by Gasteiger charge is 2.17. The van der Waals surface area contributed by atoms with Crippen LogP contribution in [0.2, 0.25) is 0 Å². The normalized spacial score (nSPS) is 12.4. The lowest BCUT2D eigenvalue weighted by atomic mass is 10.0. The molecule has 0 aliphatic carbocycles. The number of likely N-dealkylation sites (N-methyl/N-ethyl adjacent to an activating group) is 1. The van der Waals surface area contributed by atoms with E-state index in [1.807, 2.05) is 18.6 Å². The van der Waals surface area contributed by atoms with Crippen molar-refractivity contribution < 1.29 is 4.74 Å². The molecular formula is C15H21N3OS. The number of hydrogen-bond donors (Lipinski definition) is 1.